The average molecular weight is 284 g/mol. The highest BCUT2D eigenvalue weighted by Gasteiger charge is 2.36. The lowest BCUT2D eigenvalue weighted by Gasteiger charge is -2.34. The molecule has 0 bridgehead atoms. The fourth-order valence-corrected chi connectivity index (χ4v) is 3.33. The molecular weight excluding hydrogens is 260 g/mol. The fraction of sp³-hybridized carbons (Fsp3) is 0.571. The lowest BCUT2D eigenvalue weighted by molar-refractivity contribution is 0.548. The molecule has 5 heteroatoms. The van der Waals surface area contributed by atoms with Gasteiger partial charge in [0.25, 0.3) is 0 Å². The highest BCUT2D eigenvalue weighted by atomic mass is 32.2. The Hall–Kier alpha value is -1.07. The molecule has 0 atom stereocenters. The lowest BCUT2D eigenvalue weighted by atomic mass is 10.2. The summed E-state index contributed by atoms with van der Waals surface area (Å²) in [5, 5.41) is 0. The maximum atomic E-state index is 12.6. The van der Waals surface area contributed by atoms with E-state index in [4.69, 9.17) is 5.73 Å². The maximum Gasteiger partial charge on any atom is 0.240 e. The summed E-state index contributed by atoms with van der Waals surface area (Å²) in [6, 6.07) is 7.22. The van der Waals surface area contributed by atoms with Crippen LogP contribution in [0.2, 0.25) is 0 Å². The summed E-state index contributed by atoms with van der Waals surface area (Å²) < 4.78 is 25.9. The first-order chi connectivity index (χ1) is 8.61. The van der Waals surface area contributed by atoms with Crippen molar-refractivity contribution in [2.24, 2.45) is 5.73 Å². The van der Waals surface area contributed by atoms with Crippen molar-refractivity contribution in [2.45, 2.75) is 52.0 Å². The average Bonchev–Trinajstić information content (AvgIpc) is 2.27. The van der Waals surface area contributed by atoms with E-state index in [0.717, 1.165) is 5.56 Å². The summed E-state index contributed by atoms with van der Waals surface area (Å²) in [7, 11) is -3.41. The molecule has 108 valence electrons. The molecule has 0 heterocycles. The molecule has 19 heavy (non-hydrogen) atoms. The van der Waals surface area contributed by atoms with Crippen LogP contribution in [0.25, 0.3) is 0 Å². The van der Waals surface area contributed by atoms with Crippen molar-refractivity contribution < 1.29 is 8.42 Å². The number of hydrogen-bond acceptors (Lipinski definition) is 3. The normalized spacial score (nSPS) is 12.8. The van der Waals surface area contributed by atoms with Gasteiger partial charge in [-0.15, -0.1) is 0 Å². The third kappa shape index (κ3) is 3.28. The number of hydrogen-bond donors (Lipinski definition) is 1. The van der Waals surface area contributed by atoms with Crippen LogP contribution < -0.4 is 10.0 Å². The molecule has 2 N–H and O–H groups in total. The van der Waals surface area contributed by atoms with Gasteiger partial charge in [-0.1, -0.05) is 12.1 Å². The highest BCUT2D eigenvalue weighted by molar-refractivity contribution is 7.94. The summed E-state index contributed by atoms with van der Waals surface area (Å²) >= 11 is 0. The van der Waals surface area contributed by atoms with Crippen LogP contribution in [0.4, 0.5) is 5.69 Å². The molecule has 0 saturated carbocycles. The summed E-state index contributed by atoms with van der Waals surface area (Å²) in [5.74, 6) is 0. The largest absolute Gasteiger partial charge is 0.326 e. The molecule has 0 aliphatic carbocycles. The van der Waals surface area contributed by atoms with E-state index in [1.165, 1.54) is 4.31 Å². The van der Waals surface area contributed by atoms with Gasteiger partial charge in [-0.25, -0.2) is 8.42 Å². The van der Waals surface area contributed by atoms with Crippen molar-refractivity contribution in [3.63, 3.8) is 0 Å². The third-order valence-corrected chi connectivity index (χ3v) is 5.63. The van der Waals surface area contributed by atoms with Crippen LogP contribution in [0.5, 0.6) is 0 Å². The second-order valence-corrected chi connectivity index (χ2v) is 8.45. The van der Waals surface area contributed by atoms with Gasteiger partial charge in [0.1, 0.15) is 0 Å². The van der Waals surface area contributed by atoms with Crippen molar-refractivity contribution in [1.82, 2.24) is 0 Å². The first kappa shape index (κ1) is 16.0. The van der Waals surface area contributed by atoms with Crippen molar-refractivity contribution in [1.29, 1.82) is 0 Å². The van der Waals surface area contributed by atoms with Crippen LogP contribution in [0, 0.1) is 0 Å². The minimum Gasteiger partial charge on any atom is -0.326 e. The number of nitrogens with zero attached hydrogens (tertiary/aromatic N) is 1. The van der Waals surface area contributed by atoms with Crippen molar-refractivity contribution in [2.75, 3.05) is 4.31 Å². The number of sulfonamides is 1. The number of nitrogens with two attached hydrogens (primary N) is 1. The van der Waals surface area contributed by atoms with Gasteiger partial charge in [0.05, 0.1) is 10.4 Å². The molecule has 0 aliphatic heterocycles. The van der Waals surface area contributed by atoms with E-state index in [1.54, 1.807) is 20.8 Å². The topological polar surface area (TPSA) is 63.4 Å². The van der Waals surface area contributed by atoms with Gasteiger partial charge < -0.3 is 5.73 Å². The first-order valence-electron chi connectivity index (χ1n) is 6.44. The first-order valence-corrected chi connectivity index (χ1v) is 7.88. The Balaban J connectivity index is 3.29. The number of benzene rings is 1. The Morgan fingerprint density at radius 2 is 1.63 bits per heavy atom. The third-order valence-electron chi connectivity index (χ3n) is 2.93. The van der Waals surface area contributed by atoms with Gasteiger partial charge >= 0.3 is 0 Å². The smallest absolute Gasteiger partial charge is 0.240 e. The van der Waals surface area contributed by atoms with Crippen molar-refractivity contribution >= 4 is 15.7 Å². The Kier molecular flexibility index (Phi) is 4.63. The van der Waals surface area contributed by atoms with E-state index < -0.39 is 14.8 Å². The second kappa shape index (κ2) is 5.51. The molecule has 0 unspecified atom stereocenters. The van der Waals surface area contributed by atoms with Crippen LogP contribution in [-0.4, -0.2) is 19.2 Å². The van der Waals surface area contributed by atoms with Crippen molar-refractivity contribution in [3.05, 3.63) is 29.8 Å². The predicted molar refractivity (Wildman–Crippen MR) is 80.6 cm³/mol. The molecule has 0 saturated heterocycles. The minimum absolute atomic E-state index is 0.132. The molecule has 0 spiro atoms. The quantitative estimate of drug-likeness (QED) is 0.924. The SMILES string of the molecule is CC(C)N(c1ccc(CN)cc1)S(=O)(=O)C(C)(C)C. The maximum absolute atomic E-state index is 12.6. The van der Waals surface area contributed by atoms with Gasteiger partial charge in [-0.05, 0) is 52.3 Å². The fourth-order valence-electron chi connectivity index (χ4n) is 1.79. The Morgan fingerprint density at radius 1 is 1.16 bits per heavy atom. The van der Waals surface area contributed by atoms with Gasteiger partial charge in [0.2, 0.25) is 10.0 Å². The Morgan fingerprint density at radius 3 is 1.95 bits per heavy atom. The summed E-state index contributed by atoms with van der Waals surface area (Å²) in [6.07, 6.45) is 0. The van der Waals surface area contributed by atoms with E-state index in [9.17, 15) is 8.42 Å². The molecule has 0 aliphatic rings. The summed E-state index contributed by atoms with van der Waals surface area (Å²) in [4.78, 5) is 0. The Bertz CT molecular complexity index is 513. The minimum atomic E-state index is -3.41. The van der Waals surface area contributed by atoms with Crippen LogP contribution in [0.1, 0.15) is 40.2 Å². The molecule has 4 nitrogen and oxygen atoms in total. The van der Waals surface area contributed by atoms with Crippen LogP contribution >= 0.6 is 0 Å². The zero-order valence-corrected chi connectivity index (χ0v) is 13.2. The van der Waals surface area contributed by atoms with Crippen molar-refractivity contribution in [3.8, 4) is 0 Å². The van der Waals surface area contributed by atoms with Crippen LogP contribution in [0.15, 0.2) is 24.3 Å². The van der Waals surface area contributed by atoms with E-state index >= 15 is 0 Å². The molecule has 1 aromatic rings. The number of rotatable bonds is 4. The van der Waals surface area contributed by atoms with Gasteiger partial charge in [-0.2, -0.15) is 0 Å². The van der Waals surface area contributed by atoms with E-state index in [1.807, 2.05) is 38.1 Å². The molecule has 1 rings (SSSR count). The van der Waals surface area contributed by atoms with Gasteiger partial charge in [0.15, 0.2) is 0 Å². The van der Waals surface area contributed by atoms with E-state index in [-0.39, 0.29) is 6.04 Å². The monoisotopic (exact) mass is 284 g/mol. The van der Waals surface area contributed by atoms with E-state index in [2.05, 4.69) is 0 Å². The summed E-state index contributed by atoms with van der Waals surface area (Å²) in [5.41, 5.74) is 7.23. The Labute approximate surface area is 116 Å². The van der Waals surface area contributed by atoms with Crippen LogP contribution in [-0.2, 0) is 16.6 Å². The van der Waals surface area contributed by atoms with Gasteiger partial charge in [0, 0.05) is 12.6 Å². The molecule has 0 amide bonds. The zero-order chi connectivity index (χ0) is 14.8. The van der Waals surface area contributed by atoms with Crippen LogP contribution in [0.3, 0.4) is 0 Å². The molecular formula is C14H24N2O2S. The highest BCUT2D eigenvalue weighted by Crippen LogP contribution is 2.28. The summed E-state index contributed by atoms with van der Waals surface area (Å²) in [6.45, 7) is 9.35. The molecule has 0 radical (unpaired) electrons. The standard InChI is InChI=1S/C14H24N2O2S/c1-11(2)16(19(17,18)14(3,4)5)13-8-6-12(10-15)7-9-13/h6-9,11H,10,15H2,1-5H3. The molecule has 0 fully saturated rings. The van der Waals surface area contributed by atoms with Gasteiger partial charge in [-0.3, -0.25) is 4.31 Å². The molecule has 0 aromatic heterocycles. The number of anilines is 1. The zero-order valence-electron chi connectivity index (χ0n) is 12.3. The molecule has 1 aromatic carbocycles. The second-order valence-electron chi connectivity index (χ2n) is 5.88. The van der Waals surface area contributed by atoms with E-state index in [0.29, 0.717) is 12.2 Å². The predicted octanol–water partition coefficient (Wildman–Crippen LogP) is 2.49. The lowest BCUT2D eigenvalue weighted by Crippen LogP contribution is -2.46.